The number of rotatable bonds is 6. The van der Waals surface area contributed by atoms with Crippen molar-refractivity contribution in [3.05, 3.63) is 10.6 Å². The highest BCUT2D eigenvalue weighted by molar-refractivity contribution is 7.15. The predicted octanol–water partition coefficient (Wildman–Crippen LogP) is 3.82. The number of aryl methyl sites for hydroxylation is 1. The van der Waals surface area contributed by atoms with Gasteiger partial charge in [0.2, 0.25) is 0 Å². The lowest BCUT2D eigenvalue weighted by atomic mass is 9.87. The minimum atomic E-state index is 0.259. The van der Waals surface area contributed by atoms with Gasteiger partial charge in [-0.3, -0.25) is 0 Å². The van der Waals surface area contributed by atoms with Crippen LogP contribution in [0.2, 0.25) is 0 Å². The molecular formula is C15H29N3S. The smallest absolute Gasteiger partial charge is 0.185 e. The SMILES string of the molecule is CCCNCc1sc(N(C)C(C)C(C)(C)C)nc1C. The molecule has 0 spiro atoms. The third-order valence-corrected chi connectivity index (χ3v) is 4.98. The lowest BCUT2D eigenvalue weighted by molar-refractivity contribution is 0.329. The van der Waals surface area contributed by atoms with Crippen LogP contribution in [0.1, 0.15) is 51.6 Å². The van der Waals surface area contributed by atoms with Crippen LogP contribution in [0.25, 0.3) is 0 Å². The van der Waals surface area contributed by atoms with Gasteiger partial charge in [-0.15, -0.1) is 11.3 Å². The van der Waals surface area contributed by atoms with Gasteiger partial charge in [0.1, 0.15) is 0 Å². The molecule has 0 aromatic carbocycles. The molecule has 1 heterocycles. The minimum Gasteiger partial charge on any atom is -0.348 e. The Hall–Kier alpha value is -0.610. The van der Waals surface area contributed by atoms with E-state index in [1.165, 1.54) is 11.3 Å². The maximum absolute atomic E-state index is 4.73. The Morgan fingerprint density at radius 3 is 2.53 bits per heavy atom. The second kappa shape index (κ2) is 6.71. The van der Waals surface area contributed by atoms with Crippen LogP contribution in [0.3, 0.4) is 0 Å². The van der Waals surface area contributed by atoms with Crippen LogP contribution in [-0.4, -0.2) is 24.6 Å². The van der Waals surface area contributed by atoms with Crippen molar-refractivity contribution in [3.8, 4) is 0 Å². The molecule has 4 heteroatoms. The van der Waals surface area contributed by atoms with E-state index in [1.54, 1.807) is 0 Å². The highest BCUT2D eigenvalue weighted by Crippen LogP contribution is 2.31. The van der Waals surface area contributed by atoms with Gasteiger partial charge in [-0.05, 0) is 32.2 Å². The van der Waals surface area contributed by atoms with Crippen LogP contribution in [0.5, 0.6) is 0 Å². The monoisotopic (exact) mass is 283 g/mol. The zero-order valence-electron chi connectivity index (χ0n) is 13.5. The molecule has 0 aliphatic carbocycles. The third-order valence-electron chi connectivity index (χ3n) is 3.73. The summed E-state index contributed by atoms with van der Waals surface area (Å²) in [5.74, 6) is 0. The maximum Gasteiger partial charge on any atom is 0.185 e. The predicted molar refractivity (Wildman–Crippen MR) is 86.2 cm³/mol. The summed E-state index contributed by atoms with van der Waals surface area (Å²) in [5.41, 5.74) is 1.42. The van der Waals surface area contributed by atoms with Gasteiger partial charge in [-0.1, -0.05) is 27.7 Å². The fourth-order valence-corrected chi connectivity index (χ4v) is 2.93. The standard InChI is InChI=1S/C15H29N3S/c1-8-9-16-10-13-11(2)17-14(19-13)18(7)12(3)15(4,5)6/h12,16H,8-10H2,1-7H3. The summed E-state index contributed by atoms with van der Waals surface area (Å²) in [7, 11) is 2.15. The van der Waals surface area contributed by atoms with Crippen LogP contribution in [-0.2, 0) is 6.54 Å². The zero-order chi connectivity index (χ0) is 14.6. The summed E-state index contributed by atoms with van der Waals surface area (Å²) >= 11 is 1.81. The molecule has 1 aromatic heterocycles. The molecule has 1 atom stereocenters. The number of hydrogen-bond donors (Lipinski definition) is 1. The van der Waals surface area contributed by atoms with Crippen LogP contribution in [0.4, 0.5) is 5.13 Å². The van der Waals surface area contributed by atoms with Crippen molar-refractivity contribution in [2.75, 3.05) is 18.5 Å². The number of nitrogens with one attached hydrogen (secondary N) is 1. The largest absolute Gasteiger partial charge is 0.348 e. The Labute approximate surface area is 122 Å². The molecule has 0 aliphatic heterocycles. The molecule has 1 N–H and O–H groups in total. The molecule has 0 amide bonds. The Bertz CT molecular complexity index is 393. The zero-order valence-corrected chi connectivity index (χ0v) is 14.3. The van der Waals surface area contributed by atoms with Gasteiger partial charge < -0.3 is 10.2 Å². The molecule has 1 aromatic rings. The molecule has 0 saturated carbocycles. The van der Waals surface area contributed by atoms with Crippen molar-refractivity contribution in [2.24, 2.45) is 5.41 Å². The summed E-state index contributed by atoms with van der Waals surface area (Å²) < 4.78 is 0. The summed E-state index contributed by atoms with van der Waals surface area (Å²) in [5, 5.41) is 4.59. The van der Waals surface area contributed by atoms with E-state index >= 15 is 0 Å². The minimum absolute atomic E-state index is 0.259. The molecule has 0 fully saturated rings. The summed E-state index contributed by atoms with van der Waals surface area (Å²) in [4.78, 5) is 8.39. The van der Waals surface area contributed by atoms with Crippen molar-refractivity contribution in [1.29, 1.82) is 0 Å². The van der Waals surface area contributed by atoms with E-state index < -0.39 is 0 Å². The van der Waals surface area contributed by atoms with E-state index in [1.807, 2.05) is 11.3 Å². The summed E-state index contributed by atoms with van der Waals surface area (Å²) in [6, 6.07) is 0.467. The van der Waals surface area contributed by atoms with E-state index in [4.69, 9.17) is 4.98 Å². The van der Waals surface area contributed by atoms with Gasteiger partial charge in [-0.2, -0.15) is 0 Å². The molecule has 1 unspecified atom stereocenters. The highest BCUT2D eigenvalue weighted by atomic mass is 32.1. The highest BCUT2D eigenvalue weighted by Gasteiger charge is 2.26. The lowest BCUT2D eigenvalue weighted by Crippen LogP contribution is -2.39. The molecule has 0 saturated heterocycles. The van der Waals surface area contributed by atoms with E-state index in [2.05, 4.69) is 58.8 Å². The fraction of sp³-hybridized carbons (Fsp3) is 0.800. The van der Waals surface area contributed by atoms with Crippen LogP contribution in [0, 0.1) is 12.3 Å². The van der Waals surface area contributed by atoms with Gasteiger partial charge >= 0.3 is 0 Å². The molecule has 0 bridgehead atoms. The van der Waals surface area contributed by atoms with Crippen LogP contribution >= 0.6 is 11.3 Å². The number of nitrogens with zero attached hydrogens (tertiary/aromatic N) is 2. The van der Waals surface area contributed by atoms with Gasteiger partial charge in [0.15, 0.2) is 5.13 Å². The first-order chi connectivity index (χ1) is 8.77. The quantitative estimate of drug-likeness (QED) is 0.804. The topological polar surface area (TPSA) is 28.2 Å². The third kappa shape index (κ3) is 4.46. The molecular weight excluding hydrogens is 254 g/mol. The fourth-order valence-electron chi connectivity index (χ4n) is 1.85. The molecule has 3 nitrogen and oxygen atoms in total. The van der Waals surface area contributed by atoms with Gasteiger partial charge in [0.05, 0.1) is 5.69 Å². The first kappa shape index (κ1) is 16.4. The normalized spacial score (nSPS) is 13.6. The van der Waals surface area contributed by atoms with E-state index in [0.29, 0.717) is 6.04 Å². The summed E-state index contributed by atoms with van der Waals surface area (Å²) in [6.45, 7) is 15.4. The number of anilines is 1. The second-order valence-corrected chi connectivity index (χ2v) is 7.40. The van der Waals surface area contributed by atoms with Crippen molar-refractivity contribution in [1.82, 2.24) is 10.3 Å². The van der Waals surface area contributed by atoms with Gasteiger partial charge in [0, 0.05) is 24.5 Å². The number of aromatic nitrogens is 1. The molecule has 19 heavy (non-hydrogen) atoms. The van der Waals surface area contributed by atoms with Crippen molar-refractivity contribution in [2.45, 2.75) is 60.5 Å². The van der Waals surface area contributed by atoms with E-state index in [9.17, 15) is 0 Å². The Morgan fingerprint density at radius 2 is 2.00 bits per heavy atom. The van der Waals surface area contributed by atoms with Gasteiger partial charge in [0.25, 0.3) is 0 Å². The maximum atomic E-state index is 4.73. The van der Waals surface area contributed by atoms with Crippen molar-refractivity contribution in [3.63, 3.8) is 0 Å². The van der Waals surface area contributed by atoms with Crippen LogP contribution < -0.4 is 10.2 Å². The van der Waals surface area contributed by atoms with Crippen LogP contribution in [0.15, 0.2) is 0 Å². The van der Waals surface area contributed by atoms with E-state index in [-0.39, 0.29) is 5.41 Å². The van der Waals surface area contributed by atoms with Crippen molar-refractivity contribution >= 4 is 16.5 Å². The Balaban J connectivity index is 2.77. The molecule has 1 rings (SSSR count). The lowest BCUT2D eigenvalue weighted by Gasteiger charge is -2.35. The second-order valence-electron chi connectivity index (χ2n) is 6.33. The molecule has 110 valence electrons. The average Bonchev–Trinajstić information content (AvgIpc) is 2.68. The molecule has 0 aliphatic rings. The Morgan fingerprint density at radius 1 is 1.37 bits per heavy atom. The number of hydrogen-bond acceptors (Lipinski definition) is 4. The number of thiazole rings is 1. The Kier molecular flexibility index (Phi) is 5.81. The van der Waals surface area contributed by atoms with Gasteiger partial charge in [-0.25, -0.2) is 4.98 Å². The first-order valence-corrected chi connectivity index (χ1v) is 7.98. The first-order valence-electron chi connectivity index (χ1n) is 7.17. The molecule has 0 radical (unpaired) electrons. The van der Waals surface area contributed by atoms with Crippen molar-refractivity contribution < 1.29 is 0 Å². The summed E-state index contributed by atoms with van der Waals surface area (Å²) in [6.07, 6.45) is 1.17. The van der Waals surface area contributed by atoms with E-state index in [0.717, 1.165) is 23.9 Å². The average molecular weight is 283 g/mol.